The van der Waals surface area contributed by atoms with E-state index in [9.17, 15) is 14.7 Å². The SMILES string of the molecule is CC(C)(C)OC(=O)N1CC[C@@H](C(=O)O)[C@H](O)C1. The van der Waals surface area contributed by atoms with Gasteiger partial charge < -0.3 is 19.8 Å². The number of aliphatic hydroxyl groups excluding tert-OH is 1. The van der Waals surface area contributed by atoms with Crippen molar-refractivity contribution >= 4 is 12.1 Å². The van der Waals surface area contributed by atoms with Crippen molar-refractivity contribution in [2.75, 3.05) is 13.1 Å². The number of ether oxygens (including phenoxy) is 1. The number of nitrogens with zero attached hydrogens (tertiary/aromatic N) is 1. The minimum Gasteiger partial charge on any atom is -0.481 e. The summed E-state index contributed by atoms with van der Waals surface area (Å²) in [6.45, 7) is 5.57. The number of hydrogen-bond acceptors (Lipinski definition) is 4. The van der Waals surface area contributed by atoms with Gasteiger partial charge in [0.1, 0.15) is 5.60 Å². The number of rotatable bonds is 1. The van der Waals surface area contributed by atoms with E-state index in [2.05, 4.69) is 0 Å². The molecule has 6 heteroatoms. The fourth-order valence-corrected chi connectivity index (χ4v) is 1.71. The van der Waals surface area contributed by atoms with Gasteiger partial charge in [-0.25, -0.2) is 4.79 Å². The van der Waals surface area contributed by atoms with Gasteiger partial charge in [-0.15, -0.1) is 0 Å². The van der Waals surface area contributed by atoms with Gasteiger partial charge in [0.25, 0.3) is 0 Å². The third-order valence-corrected chi connectivity index (χ3v) is 2.55. The molecule has 17 heavy (non-hydrogen) atoms. The molecule has 98 valence electrons. The maximum atomic E-state index is 11.7. The van der Waals surface area contributed by atoms with Crippen molar-refractivity contribution in [3.8, 4) is 0 Å². The lowest BCUT2D eigenvalue weighted by molar-refractivity contribution is -0.148. The Morgan fingerprint density at radius 1 is 1.35 bits per heavy atom. The largest absolute Gasteiger partial charge is 0.481 e. The number of β-amino-alcohol motifs (C(OH)–C–C–N with tert-alkyl or cyclic N) is 1. The van der Waals surface area contributed by atoms with Crippen molar-refractivity contribution in [1.82, 2.24) is 4.90 Å². The lowest BCUT2D eigenvalue weighted by Gasteiger charge is -2.34. The molecule has 1 fully saturated rings. The van der Waals surface area contributed by atoms with Crippen molar-refractivity contribution in [3.63, 3.8) is 0 Å². The van der Waals surface area contributed by atoms with E-state index < -0.39 is 29.7 Å². The quantitative estimate of drug-likeness (QED) is 0.709. The monoisotopic (exact) mass is 245 g/mol. The highest BCUT2D eigenvalue weighted by Crippen LogP contribution is 2.20. The summed E-state index contributed by atoms with van der Waals surface area (Å²) in [4.78, 5) is 23.8. The Bertz CT molecular complexity index is 309. The number of piperidine rings is 1. The van der Waals surface area contributed by atoms with Crippen LogP contribution in [0, 0.1) is 5.92 Å². The summed E-state index contributed by atoms with van der Waals surface area (Å²) in [5.74, 6) is -1.82. The molecule has 6 nitrogen and oxygen atoms in total. The molecule has 0 radical (unpaired) electrons. The molecule has 1 saturated heterocycles. The Kier molecular flexibility index (Phi) is 3.98. The highest BCUT2D eigenvalue weighted by atomic mass is 16.6. The summed E-state index contributed by atoms with van der Waals surface area (Å²) < 4.78 is 5.15. The van der Waals surface area contributed by atoms with E-state index in [0.717, 1.165) is 0 Å². The van der Waals surface area contributed by atoms with Crippen LogP contribution < -0.4 is 0 Å². The van der Waals surface area contributed by atoms with Gasteiger partial charge in [-0.05, 0) is 27.2 Å². The fraction of sp³-hybridized carbons (Fsp3) is 0.818. The molecule has 0 spiro atoms. The second kappa shape index (κ2) is 4.91. The number of carbonyl (C=O) groups excluding carboxylic acids is 1. The highest BCUT2D eigenvalue weighted by Gasteiger charge is 2.35. The number of hydrogen-bond donors (Lipinski definition) is 2. The Morgan fingerprint density at radius 2 is 1.94 bits per heavy atom. The van der Waals surface area contributed by atoms with Crippen LogP contribution in [0.2, 0.25) is 0 Å². The van der Waals surface area contributed by atoms with Crippen molar-refractivity contribution in [3.05, 3.63) is 0 Å². The van der Waals surface area contributed by atoms with E-state index >= 15 is 0 Å². The van der Waals surface area contributed by atoms with Gasteiger partial charge in [0.15, 0.2) is 0 Å². The molecule has 2 N–H and O–H groups in total. The molecular formula is C11H19NO5. The predicted molar refractivity (Wildman–Crippen MR) is 59.6 cm³/mol. The van der Waals surface area contributed by atoms with Gasteiger partial charge in [0.05, 0.1) is 18.6 Å². The normalized spacial score (nSPS) is 25.5. The van der Waals surface area contributed by atoms with E-state index in [4.69, 9.17) is 9.84 Å². The third kappa shape index (κ3) is 3.89. The van der Waals surface area contributed by atoms with Gasteiger partial charge in [-0.1, -0.05) is 0 Å². The van der Waals surface area contributed by atoms with Crippen LogP contribution in [0.15, 0.2) is 0 Å². The van der Waals surface area contributed by atoms with Crippen molar-refractivity contribution in [1.29, 1.82) is 0 Å². The second-order valence-electron chi connectivity index (χ2n) is 5.23. The van der Waals surface area contributed by atoms with Crippen LogP contribution in [0.25, 0.3) is 0 Å². The van der Waals surface area contributed by atoms with Gasteiger partial charge in [0.2, 0.25) is 0 Å². The molecule has 0 saturated carbocycles. The van der Waals surface area contributed by atoms with Crippen molar-refractivity contribution in [2.24, 2.45) is 5.92 Å². The maximum Gasteiger partial charge on any atom is 0.410 e. The summed E-state index contributed by atoms with van der Waals surface area (Å²) in [7, 11) is 0. The average Bonchev–Trinajstić information content (AvgIpc) is 2.14. The van der Waals surface area contributed by atoms with Crippen molar-refractivity contribution in [2.45, 2.75) is 38.9 Å². The van der Waals surface area contributed by atoms with Gasteiger partial charge in [-0.2, -0.15) is 0 Å². The molecule has 0 aromatic heterocycles. The van der Waals surface area contributed by atoms with E-state index in [1.165, 1.54) is 4.90 Å². The zero-order valence-electron chi connectivity index (χ0n) is 10.3. The van der Waals surface area contributed by atoms with Gasteiger partial charge in [-0.3, -0.25) is 4.79 Å². The molecule has 1 aliphatic heterocycles. The van der Waals surface area contributed by atoms with E-state index in [1.54, 1.807) is 20.8 Å². The summed E-state index contributed by atoms with van der Waals surface area (Å²) >= 11 is 0. The zero-order chi connectivity index (χ0) is 13.2. The first-order chi connectivity index (χ1) is 7.70. The first-order valence-corrected chi connectivity index (χ1v) is 5.59. The summed E-state index contributed by atoms with van der Waals surface area (Å²) in [5, 5.41) is 18.5. The number of aliphatic carboxylic acids is 1. The Hall–Kier alpha value is -1.30. The summed E-state index contributed by atoms with van der Waals surface area (Å²) in [6.07, 6.45) is -1.30. The smallest absolute Gasteiger partial charge is 0.410 e. The summed E-state index contributed by atoms with van der Waals surface area (Å²) in [6, 6.07) is 0. The Balaban J connectivity index is 2.55. The number of carboxylic acid groups (broad SMARTS) is 1. The minimum atomic E-state index is -1.03. The van der Waals surface area contributed by atoms with E-state index in [-0.39, 0.29) is 13.0 Å². The Labute approximate surface area is 100 Å². The molecule has 0 aromatic rings. The maximum absolute atomic E-state index is 11.7. The number of likely N-dealkylation sites (tertiary alicyclic amines) is 1. The molecule has 2 atom stereocenters. The Morgan fingerprint density at radius 3 is 2.35 bits per heavy atom. The van der Waals surface area contributed by atoms with E-state index in [1.807, 2.05) is 0 Å². The molecule has 0 aromatic carbocycles. The van der Waals surface area contributed by atoms with Crippen LogP contribution in [0.3, 0.4) is 0 Å². The number of amides is 1. The van der Waals surface area contributed by atoms with Crippen molar-refractivity contribution < 1.29 is 24.5 Å². The van der Waals surface area contributed by atoms with Crippen LogP contribution in [-0.2, 0) is 9.53 Å². The molecule has 0 unspecified atom stereocenters. The molecule has 1 aliphatic rings. The zero-order valence-corrected chi connectivity index (χ0v) is 10.3. The molecule has 0 aliphatic carbocycles. The van der Waals surface area contributed by atoms with Crippen LogP contribution in [0.1, 0.15) is 27.2 Å². The van der Waals surface area contributed by atoms with Gasteiger partial charge >= 0.3 is 12.1 Å². The highest BCUT2D eigenvalue weighted by molar-refractivity contribution is 5.72. The number of carbonyl (C=O) groups is 2. The van der Waals surface area contributed by atoms with Crippen LogP contribution >= 0.6 is 0 Å². The average molecular weight is 245 g/mol. The standard InChI is InChI=1S/C11H19NO5/c1-11(2,3)17-10(16)12-5-4-7(9(14)15)8(13)6-12/h7-8,13H,4-6H2,1-3H3,(H,14,15)/t7-,8-/m1/s1. The molecule has 1 heterocycles. The summed E-state index contributed by atoms with van der Waals surface area (Å²) in [5.41, 5.74) is -0.592. The van der Waals surface area contributed by atoms with Crippen LogP contribution in [0.5, 0.6) is 0 Å². The molecule has 1 amide bonds. The lowest BCUT2D eigenvalue weighted by Crippen LogP contribution is -2.50. The third-order valence-electron chi connectivity index (χ3n) is 2.55. The first kappa shape index (κ1) is 13.8. The minimum absolute atomic E-state index is 0.00583. The van der Waals surface area contributed by atoms with E-state index in [0.29, 0.717) is 6.54 Å². The number of carboxylic acids is 1. The predicted octanol–water partition coefficient (Wildman–Crippen LogP) is 0.689. The molecule has 1 rings (SSSR count). The number of aliphatic hydroxyl groups is 1. The lowest BCUT2D eigenvalue weighted by atomic mass is 9.94. The fourth-order valence-electron chi connectivity index (χ4n) is 1.71. The topological polar surface area (TPSA) is 87.1 Å². The molecular weight excluding hydrogens is 226 g/mol. The van der Waals surface area contributed by atoms with Crippen LogP contribution in [-0.4, -0.2) is 52.0 Å². The second-order valence-corrected chi connectivity index (χ2v) is 5.23. The molecule has 0 bridgehead atoms. The first-order valence-electron chi connectivity index (χ1n) is 5.59. The van der Waals surface area contributed by atoms with Gasteiger partial charge in [0, 0.05) is 6.54 Å². The van der Waals surface area contributed by atoms with Crippen LogP contribution in [0.4, 0.5) is 4.79 Å².